The summed E-state index contributed by atoms with van der Waals surface area (Å²) in [5.41, 5.74) is 2.77. The fourth-order valence-corrected chi connectivity index (χ4v) is 5.36. The molecule has 12 nitrogen and oxygen atoms in total. The maximum absolute atomic E-state index is 13.2. The number of nitrogens with one attached hydrogen (secondary N) is 1. The fourth-order valence-electron chi connectivity index (χ4n) is 4.52. The molecule has 2 heterocycles. The normalized spacial score (nSPS) is 12.1. The Morgan fingerprint density at radius 2 is 1.80 bits per heavy atom. The summed E-state index contributed by atoms with van der Waals surface area (Å²) in [6.45, 7) is 0.603. The standard InChI is InChI=1S/C28H26N6O6S/c1-39-21-11-12-24(40-2)23(15-21)33-25(16-29-27(36)19-7-9-20(10-8-19)34(37)38)30-31-28(33)41-17-26(35)32-14-13-18-5-3-4-6-22(18)32/h3-12,15H,13-14,16-17H2,1-2H3,(H,29,36). The van der Waals surface area contributed by atoms with E-state index in [4.69, 9.17) is 9.47 Å². The molecule has 0 unspecified atom stereocenters. The molecule has 1 aromatic heterocycles. The molecule has 0 saturated carbocycles. The van der Waals surface area contributed by atoms with Gasteiger partial charge in [0.15, 0.2) is 11.0 Å². The minimum atomic E-state index is -0.530. The van der Waals surface area contributed by atoms with Crippen LogP contribution in [-0.4, -0.2) is 58.0 Å². The number of carbonyl (C=O) groups is 2. The highest BCUT2D eigenvalue weighted by Crippen LogP contribution is 2.33. The number of nitro groups is 1. The quantitative estimate of drug-likeness (QED) is 0.170. The number of carbonyl (C=O) groups excluding carboxylic acids is 2. The summed E-state index contributed by atoms with van der Waals surface area (Å²) in [7, 11) is 3.08. The van der Waals surface area contributed by atoms with Crippen molar-refractivity contribution in [1.29, 1.82) is 0 Å². The number of hydrogen-bond donors (Lipinski definition) is 1. The van der Waals surface area contributed by atoms with Crippen molar-refractivity contribution in [3.63, 3.8) is 0 Å². The van der Waals surface area contributed by atoms with Crippen LogP contribution < -0.4 is 19.7 Å². The summed E-state index contributed by atoms with van der Waals surface area (Å²) < 4.78 is 12.7. The lowest BCUT2D eigenvalue weighted by molar-refractivity contribution is -0.384. The van der Waals surface area contributed by atoms with Crippen LogP contribution in [0.1, 0.15) is 21.7 Å². The van der Waals surface area contributed by atoms with Crippen molar-refractivity contribution in [2.75, 3.05) is 31.4 Å². The Bertz CT molecular complexity index is 1610. The molecule has 210 valence electrons. The van der Waals surface area contributed by atoms with Crippen LogP contribution in [0.25, 0.3) is 5.69 Å². The first-order valence-corrected chi connectivity index (χ1v) is 13.6. The van der Waals surface area contributed by atoms with E-state index in [-0.39, 0.29) is 29.5 Å². The molecule has 1 N–H and O–H groups in total. The molecule has 41 heavy (non-hydrogen) atoms. The molecule has 0 saturated heterocycles. The number of thioether (sulfide) groups is 1. The Morgan fingerprint density at radius 3 is 2.54 bits per heavy atom. The number of non-ortho nitro benzene ring substituents is 1. The van der Waals surface area contributed by atoms with Crippen LogP contribution in [0.15, 0.2) is 71.9 Å². The average Bonchev–Trinajstić information content (AvgIpc) is 3.62. The average molecular weight is 575 g/mol. The lowest BCUT2D eigenvalue weighted by Gasteiger charge is -2.18. The molecule has 4 aromatic rings. The van der Waals surface area contributed by atoms with Gasteiger partial charge in [0.2, 0.25) is 5.91 Å². The molecular formula is C28H26N6O6S. The van der Waals surface area contributed by atoms with Crippen LogP contribution in [0.5, 0.6) is 11.5 Å². The number of ether oxygens (including phenoxy) is 2. The van der Waals surface area contributed by atoms with Gasteiger partial charge in [-0.25, -0.2) is 0 Å². The number of methoxy groups -OCH3 is 2. The van der Waals surface area contributed by atoms with Crippen LogP contribution in [-0.2, 0) is 17.8 Å². The third kappa shape index (κ3) is 5.84. The third-order valence-corrected chi connectivity index (χ3v) is 7.50. The maximum atomic E-state index is 13.2. The van der Waals surface area contributed by atoms with Crippen molar-refractivity contribution in [3.8, 4) is 17.2 Å². The Labute approximate surface area is 239 Å². The Hall–Kier alpha value is -4.91. The van der Waals surface area contributed by atoms with E-state index < -0.39 is 10.8 Å². The van der Waals surface area contributed by atoms with E-state index in [2.05, 4.69) is 15.5 Å². The van der Waals surface area contributed by atoms with Crippen LogP contribution in [0.3, 0.4) is 0 Å². The van der Waals surface area contributed by atoms with Crippen LogP contribution in [0.4, 0.5) is 11.4 Å². The second-order valence-corrected chi connectivity index (χ2v) is 9.91. The second-order valence-electron chi connectivity index (χ2n) is 8.97. The number of rotatable bonds is 10. The van der Waals surface area contributed by atoms with E-state index in [1.165, 1.54) is 43.1 Å². The number of amides is 2. The largest absolute Gasteiger partial charge is 0.497 e. The number of nitrogens with zero attached hydrogens (tertiary/aromatic N) is 5. The highest BCUT2D eigenvalue weighted by molar-refractivity contribution is 7.99. The van der Waals surface area contributed by atoms with Gasteiger partial charge in [-0.15, -0.1) is 10.2 Å². The molecule has 0 atom stereocenters. The maximum Gasteiger partial charge on any atom is 0.269 e. The van der Waals surface area contributed by atoms with Crippen LogP contribution in [0.2, 0.25) is 0 Å². The Morgan fingerprint density at radius 1 is 1.02 bits per heavy atom. The first kappa shape index (κ1) is 27.6. The smallest absolute Gasteiger partial charge is 0.269 e. The lowest BCUT2D eigenvalue weighted by atomic mass is 10.2. The molecule has 0 fully saturated rings. The zero-order valence-corrected chi connectivity index (χ0v) is 23.1. The summed E-state index contributed by atoms with van der Waals surface area (Å²) in [6, 6.07) is 18.4. The number of para-hydroxylation sites is 1. The first-order chi connectivity index (χ1) is 19.9. The van der Waals surface area contributed by atoms with E-state index in [1.54, 1.807) is 34.8 Å². The third-order valence-electron chi connectivity index (χ3n) is 6.59. The molecule has 1 aliphatic rings. The van der Waals surface area contributed by atoms with Crippen molar-refractivity contribution in [1.82, 2.24) is 20.1 Å². The topological polar surface area (TPSA) is 142 Å². The van der Waals surface area contributed by atoms with Gasteiger partial charge >= 0.3 is 0 Å². The molecular weight excluding hydrogens is 548 g/mol. The number of benzene rings is 3. The minimum Gasteiger partial charge on any atom is -0.497 e. The zero-order chi connectivity index (χ0) is 28.9. The summed E-state index contributed by atoms with van der Waals surface area (Å²) in [5, 5.41) is 22.8. The SMILES string of the molecule is COc1ccc(OC)c(-n2c(CNC(=O)c3ccc([N+](=O)[O-])cc3)nnc2SCC(=O)N2CCc3ccccc32)c1. The summed E-state index contributed by atoms with van der Waals surface area (Å²) in [6.07, 6.45) is 0.808. The molecule has 5 rings (SSSR count). The molecule has 0 aliphatic carbocycles. The number of nitro benzene ring substituents is 1. The lowest BCUT2D eigenvalue weighted by Crippen LogP contribution is -2.30. The number of anilines is 1. The summed E-state index contributed by atoms with van der Waals surface area (Å²) >= 11 is 1.23. The second kappa shape index (κ2) is 12.1. The van der Waals surface area contributed by atoms with Gasteiger partial charge in [-0.2, -0.15) is 0 Å². The highest BCUT2D eigenvalue weighted by atomic mass is 32.2. The van der Waals surface area contributed by atoms with E-state index in [0.717, 1.165) is 17.7 Å². The van der Waals surface area contributed by atoms with Gasteiger partial charge in [-0.05, 0) is 42.3 Å². The number of hydrogen-bond acceptors (Lipinski definition) is 9. The zero-order valence-electron chi connectivity index (χ0n) is 22.3. The molecule has 0 spiro atoms. The molecule has 3 aromatic carbocycles. The van der Waals surface area contributed by atoms with Crippen molar-refractivity contribution in [2.24, 2.45) is 0 Å². The molecule has 13 heteroatoms. The van der Waals surface area contributed by atoms with Gasteiger partial charge in [0.1, 0.15) is 11.5 Å². The van der Waals surface area contributed by atoms with E-state index in [0.29, 0.717) is 34.7 Å². The number of aromatic nitrogens is 3. The van der Waals surface area contributed by atoms with E-state index in [1.807, 2.05) is 24.3 Å². The Kier molecular flexibility index (Phi) is 8.15. The predicted molar refractivity (Wildman–Crippen MR) is 152 cm³/mol. The van der Waals surface area contributed by atoms with Gasteiger partial charge < -0.3 is 19.7 Å². The highest BCUT2D eigenvalue weighted by Gasteiger charge is 2.26. The monoisotopic (exact) mass is 574 g/mol. The molecule has 0 bridgehead atoms. The van der Waals surface area contributed by atoms with E-state index in [9.17, 15) is 19.7 Å². The van der Waals surface area contributed by atoms with Gasteiger partial charge in [0.25, 0.3) is 11.6 Å². The summed E-state index contributed by atoms with van der Waals surface area (Å²) in [5.74, 6) is 1.08. The minimum absolute atomic E-state index is 0.0167. The summed E-state index contributed by atoms with van der Waals surface area (Å²) in [4.78, 5) is 38.2. The molecule has 2 amide bonds. The molecule has 1 aliphatic heterocycles. The van der Waals surface area contributed by atoms with Gasteiger partial charge in [0, 0.05) is 36.0 Å². The first-order valence-electron chi connectivity index (χ1n) is 12.6. The van der Waals surface area contributed by atoms with Crippen molar-refractivity contribution in [3.05, 3.63) is 93.8 Å². The van der Waals surface area contributed by atoms with Crippen molar-refractivity contribution < 1.29 is 24.0 Å². The predicted octanol–water partition coefficient (Wildman–Crippen LogP) is 3.80. The van der Waals surface area contributed by atoms with Gasteiger partial charge in [0.05, 0.1) is 37.1 Å². The molecule has 0 radical (unpaired) electrons. The van der Waals surface area contributed by atoms with Crippen molar-refractivity contribution >= 4 is 35.0 Å². The number of fused-ring (bicyclic) bond motifs is 1. The van der Waals surface area contributed by atoms with Gasteiger partial charge in [-0.3, -0.25) is 24.3 Å². The van der Waals surface area contributed by atoms with Gasteiger partial charge in [-0.1, -0.05) is 30.0 Å². The van der Waals surface area contributed by atoms with Crippen LogP contribution >= 0.6 is 11.8 Å². The Balaban J connectivity index is 1.40. The fraction of sp³-hybridized carbons (Fsp3) is 0.214. The van der Waals surface area contributed by atoms with Crippen molar-refractivity contribution in [2.45, 2.75) is 18.1 Å². The van der Waals surface area contributed by atoms with Crippen LogP contribution in [0, 0.1) is 10.1 Å². The van der Waals surface area contributed by atoms with E-state index >= 15 is 0 Å².